The molecule has 7 nitrogen and oxygen atoms in total. The minimum Gasteiger partial charge on any atom is -0.381 e. The van der Waals surface area contributed by atoms with Crippen LogP contribution in [0.4, 0.5) is 16.2 Å². The molecule has 2 aromatic carbocycles. The summed E-state index contributed by atoms with van der Waals surface area (Å²) in [6.07, 6.45) is 0.913. The molecule has 1 heterocycles. The van der Waals surface area contributed by atoms with E-state index in [0.29, 0.717) is 37.1 Å². The summed E-state index contributed by atoms with van der Waals surface area (Å²) < 4.78 is 33.0. The third kappa shape index (κ3) is 5.20. The van der Waals surface area contributed by atoms with E-state index < -0.39 is 16.1 Å². The van der Waals surface area contributed by atoms with Gasteiger partial charge >= 0.3 is 6.03 Å². The van der Waals surface area contributed by atoms with Gasteiger partial charge in [-0.1, -0.05) is 29.8 Å². The second-order valence-corrected chi connectivity index (χ2v) is 8.95. The molecular weight excluding hydrogens is 414 g/mol. The molecule has 2 N–H and O–H groups in total. The number of rotatable bonds is 7. The minimum atomic E-state index is -3.91. The lowest BCUT2D eigenvalue weighted by Crippen LogP contribution is -2.33. The smallest absolute Gasteiger partial charge is 0.319 e. The fraction of sp³-hybridized carbons (Fsp3) is 0.350. The van der Waals surface area contributed by atoms with Crippen LogP contribution in [0, 0.1) is 5.92 Å². The van der Waals surface area contributed by atoms with E-state index in [-0.39, 0.29) is 16.5 Å². The van der Waals surface area contributed by atoms with Gasteiger partial charge in [-0.25, -0.2) is 13.2 Å². The van der Waals surface area contributed by atoms with Gasteiger partial charge in [0.1, 0.15) is 4.90 Å². The number of urea groups is 1. The molecule has 2 amide bonds. The number of nitrogens with one attached hydrogen (secondary N) is 2. The fourth-order valence-corrected chi connectivity index (χ4v) is 5.12. The van der Waals surface area contributed by atoms with Gasteiger partial charge in [0.15, 0.2) is 0 Å². The molecule has 3 rings (SSSR count). The van der Waals surface area contributed by atoms with Crippen LogP contribution in [0.3, 0.4) is 0 Å². The Morgan fingerprint density at radius 3 is 2.66 bits per heavy atom. The molecule has 1 atom stereocenters. The Hall–Kier alpha value is -2.29. The van der Waals surface area contributed by atoms with Crippen molar-refractivity contribution < 1.29 is 17.9 Å². The quantitative estimate of drug-likeness (QED) is 0.691. The number of sulfonamides is 1. The van der Waals surface area contributed by atoms with Gasteiger partial charge in [-0.05, 0) is 43.7 Å². The predicted molar refractivity (Wildman–Crippen MR) is 114 cm³/mol. The van der Waals surface area contributed by atoms with Crippen molar-refractivity contribution in [3.05, 3.63) is 53.6 Å². The summed E-state index contributed by atoms with van der Waals surface area (Å²) >= 11 is 6.20. The number of para-hydroxylation sites is 1. The highest BCUT2D eigenvalue weighted by atomic mass is 35.5. The van der Waals surface area contributed by atoms with Crippen LogP contribution in [0.1, 0.15) is 13.3 Å². The van der Waals surface area contributed by atoms with Crippen LogP contribution in [-0.4, -0.2) is 40.8 Å². The van der Waals surface area contributed by atoms with E-state index in [1.54, 1.807) is 37.3 Å². The van der Waals surface area contributed by atoms with Crippen LogP contribution in [0.5, 0.6) is 0 Å². The molecule has 0 aliphatic carbocycles. The van der Waals surface area contributed by atoms with Gasteiger partial charge in [-0.15, -0.1) is 0 Å². The number of anilines is 2. The van der Waals surface area contributed by atoms with Crippen molar-refractivity contribution in [3.8, 4) is 0 Å². The Bertz CT molecular complexity index is 947. The maximum atomic E-state index is 13.2. The van der Waals surface area contributed by atoms with Crippen molar-refractivity contribution in [2.24, 2.45) is 5.92 Å². The van der Waals surface area contributed by atoms with E-state index in [9.17, 15) is 13.2 Å². The second-order valence-electron chi connectivity index (χ2n) is 6.72. The Kier molecular flexibility index (Phi) is 7.00. The highest BCUT2D eigenvalue weighted by Gasteiger charge is 2.26. The standard InChI is InChI=1S/C20H24ClN3O4S/c1-2-24(17-6-4-3-5-7-17)29(26,27)19-12-16(8-9-18(19)21)23-20(25)22-13-15-10-11-28-14-15/h3-9,12,15H,2,10-11,13-14H2,1H3,(H2,22,23,25). The van der Waals surface area contributed by atoms with E-state index in [4.69, 9.17) is 16.3 Å². The molecule has 0 bridgehead atoms. The number of ether oxygens (including phenoxy) is 1. The van der Waals surface area contributed by atoms with Crippen LogP contribution in [0.15, 0.2) is 53.4 Å². The van der Waals surface area contributed by atoms with E-state index in [1.165, 1.54) is 16.4 Å². The molecule has 0 radical (unpaired) electrons. The maximum absolute atomic E-state index is 13.2. The van der Waals surface area contributed by atoms with Gasteiger partial charge in [-0.2, -0.15) is 0 Å². The van der Waals surface area contributed by atoms with E-state index >= 15 is 0 Å². The summed E-state index contributed by atoms with van der Waals surface area (Å²) in [5.41, 5.74) is 0.887. The average molecular weight is 438 g/mol. The summed E-state index contributed by atoms with van der Waals surface area (Å²) in [6, 6.07) is 12.8. The van der Waals surface area contributed by atoms with Gasteiger partial charge in [0, 0.05) is 31.3 Å². The summed E-state index contributed by atoms with van der Waals surface area (Å²) in [7, 11) is -3.91. The SMILES string of the molecule is CCN(c1ccccc1)S(=O)(=O)c1cc(NC(=O)NCC2CCOC2)ccc1Cl. The lowest BCUT2D eigenvalue weighted by Gasteiger charge is -2.23. The van der Waals surface area contributed by atoms with Crippen molar-refractivity contribution in [2.75, 3.05) is 35.9 Å². The Labute approximate surface area is 176 Å². The predicted octanol–water partition coefficient (Wildman–Crippen LogP) is 3.71. The lowest BCUT2D eigenvalue weighted by atomic mass is 10.1. The molecule has 29 heavy (non-hydrogen) atoms. The number of hydrogen-bond donors (Lipinski definition) is 2. The lowest BCUT2D eigenvalue weighted by molar-refractivity contribution is 0.185. The Morgan fingerprint density at radius 2 is 2.00 bits per heavy atom. The fourth-order valence-electron chi connectivity index (χ4n) is 3.14. The molecule has 156 valence electrons. The summed E-state index contributed by atoms with van der Waals surface area (Å²) in [5, 5.41) is 5.54. The van der Waals surface area contributed by atoms with Crippen LogP contribution < -0.4 is 14.9 Å². The normalized spacial score (nSPS) is 16.4. The molecule has 1 unspecified atom stereocenters. The zero-order chi connectivity index (χ0) is 20.9. The zero-order valence-corrected chi connectivity index (χ0v) is 17.7. The second kappa shape index (κ2) is 9.47. The number of carbonyl (C=O) groups is 1. The number of amides is 2. The molecule has 0 aromatic heterocycles. The summed E-state index contributed by atoms with van der Waals surface area (Å²) in [4.78, 5) is 12.1. The molecule has 0 spiro atoms. The molecule has 2 aromatic rings. The summed E-state index contributed by atoms with van der Waals surface area (Å²) in [5.74, 6) is 0.297. The molecule has 1 aliphatic heterocycles. The van der Waals surface area contributed by atoms with Crippen molar-refractivity contribution in [2.45, 2.75) is 18.2 Å². The van der Waals surface area contributed by atoms with Crippen molar-refractivity contribution >= 4 is 39.0 Å². The van der Waals surface area contributed by atoms with Crippen molar-refractivity contribution in [3.63, 3.8) is 0 Å². The Balaban J connectivity index is 1.77. The molecule has 1 aliphatic rings. The molecule has 1 saturated heterocycles. The van der Waals surface area contributed by atoms with Gasteiger partial charge in [0.05, 0.1) is 17.3 Å². The van der Waals surface area contributed by atoms with Crippen LogP contribution in [0.2, 0.25) is 5.02 Å². The van der Waals surface area contributed by atoms with Crippen LogP contribution in [0.25, 0.3) is 0 Å². The van der Waals surface area contributed by atoms with Gasteiger partial charge in [-0.3, -0.25) is 4.31 Å². The van der Waals surface area contributed by atoms with E-state index in [0.717, 1.165) is 6.42 Å². The minimum absolute atomic E-state index is 0.0631. The summed E-state index contributed by atoms with van der Waals surface area (Å²) in [6.45, 7) is 3.84. The number of benzene rings is 2. The number of halogens is 1. The zero-order valence-electron chi connectivity index (χ0n) is 16.1. The van der Waals surface area contributed by atoms with Gasteiger partial charge in [0.2, 0.25) is 0 Å². The molecule has 9 heteroatoms. The highest BCUT2D eigenvalue weighted by molar-refractivity contribution is 7.93. The number of carbonyl (C=O) groups excluding carboxylic acids is 1. The van der Waals surface area contributed by atoms with Gasteiger partial charge < -0.3 is 15.4 Å². The highest BCUT2D eigenvalue weighted by Crippen LogP contribution is 2.30. The van der Waals surface area contributed by atoms with Crippen molar-refractivity contribution in [1.82, 2.24) is 5.32 Å². The van der Waals surface area contributed by atoms with E-state index in [1.807, 2.05) is 6.07 Å². The van der Waals surface area contributed by atoms with Gasteiger partial charge in [0.25, 0.3) is 10.0 Å². The first kappa shape index (κ1) is 21.4. The van der Waals surface area contributed by atoms with Crippen LogP contribution in [-0.2, 0) is 14.8 Å². The monoisotopic (exact) mass is 437 g/mol. The topological polar surface area (TPSA) is 87.7 Å². The first-order valence-corrected chi connectivity index (χ1v) is 11.2. The molecular formula is C20H24ClN3O4S. The van der Waals surface area contributed by atoms with Crippen molar-refractivity contribution in [1.29, 1.82) is 0 Å². The number of nitrogens with zero attached hydrogens (tertiary/aromatic N) is 1. The first-order chi connectivity index (χ1) is 13.9. The molecule has 1 fully saturated rings. The van der Waals surface area contributed by atoms with Crippen LogP contribution >= 0.6 is 11.6 Å². The third-order valence-corrected chi connectivity index (χ3v) is 7.05. The molecule has 0 saturated carbocycles. The third-order valence-electron chi connectivity index (χ3n) is 4.66. The largest absolute Gasteiger partial charge is 0.381 e. The van der Waals surface area contributed by atoms with E-state index in [2.05, 4.69) is 10.6 Å². The average Bonchev–Trinajstić information content (AvgIpc) is 3.23. The Morgan fingerprint density at radius 1 is 1.24 bits per heavy atom. The first-order valence-electron chi connectivity index (χ1n) is 9.41. The number of hydrogen-bond acceptors (Lipinski definition) is 4. The maximum Gasteiger partial charge on any atom is 0.319 e.